The minimum absolute atomic E-state index is 0.0562. The topological polar surface area (TPSA) is 65.7 Å². The SMILES string of the molecule is Cc1cc(C(=O)N2CCN(c3ccnc(N4CCCCC4)n3)CC2)c(C)o1. The van der Waals surface area contributed by atoms with Crippen LogP contribution in [-0.4, -0.2) is 60.0 Å². The number of amides is 1. The third kappa shape index (κ3) is 3.77. The lowest BCUT2D eigenvalue weighted by atomic mass is 10.1. The Morgan fingerprint density at radius 2 is 1.74 bits per heavy atom. The van der Waals surface area contributed by atoms with Gasteiger partial charge in [-0.2, -0.15) is 4.98 Å². The lowest BCUT2D eigenvalue weighted by molar-refractivity contribution is 0.0744. The molecule has 27 heavy (non-hydrogen) atoms. The maximum absolute atomic E-state index is 12.8. The van der Waals surface area contributed by atoms with Gasteiger partial charge < -0.3 is 19.1 Å². The van der Waals surface area contributed by atoms with Crippen molar-refractivity contribution >= 4 is 17.7 Å². The number of piperazine rings is 1. The number of hydrogen-bond acceptors (Lipinski definition) is 6. The fraction of sp³-hybridized carbons (Fsp3) is 0.550. The van der Waals surface area contributed by atoms with Crippen molar-refractivity contribution in [3.8, 4) is 0 Å². The molecule has 7 nitrogen and oxygen atoms in total. The van der Waals surface area contributed by atoms with Gasteiger partial charge in [0.15, 0.2) is 0 Å². The lowest BCUT2D eigenvalue weighted by Gasteiger charge is -2.35. The van der Waals surface area contributed by atoms with Gasteiger partial charge in [0.05, 0.1) is 5.56 Å². The molecule has 0 N–H and O–H groups in total. The number of furan rings is 1. The summed E-state index contributed by atoms with van der Waals surface area (Å²) in [5, 5.41) is 0. The summed E-state index contributed by atoms with van der Waals surface area (Å²) in [4.78, 5) is 28.4. The molecule has 2 aromatic heterocycles. The van der Waals surface area contributed by atoms with Crippen molar-refractivity contribution in [1.82, 2.24) is 14.9 Å². The van der Waals surface area contributed by atoms with Crippen molar-refractivity contribution in [3.63, 3.8) is 0 Å². The second kappa shape index (κ2) is 7.58. The van der Waals surface area contributed by atoms with Crippen molar-refractivity contribution in [2.45, 2.75) is 33.1 Å². The van der Waals surface area contributed by atoms with E-state index in [1.54, 1.807) is 0 Å². The average Bonchev–Trinajstić information content (AvgIpc) is 3.06. The maximum atomic E-state index is 12.8. The molecule has 0 spiro atoms. The molecule has 2 saturated heterocycles. The minimum atomic E-state index is 0.0562. The van der Waals surface area contributed by atoms with Crippen LogP contribution in [0.1, 0.15) is 41.1 Å². The Hall–Kier alpha value is -2.57. The fourth-order valence-corrected chi connectivity index (χ4v) is 3.91. The Kier molecular flexibility index (Phi) is 5.01. The van der Waals surface area contributed by atoms with Gasteiger partial charge in [-0.05, 0) is 45.2 Å². The standard InChI is InChI=1S/C20H27N5O2/c1-15-14-17(16(2)27-15)19(26)24-12-10-23(11-13-24)18-6-7-21-20(22-18)25-8-4-3-5-9-25/h6-7,14H,3-5,8-13H2,1-2H3. The van der Waals surface area contributed by atoms with Crippen LogP contribution >= 0.6 is 0 Å². The van der Waals surface area contributed by atoms with Gasteiger partial charge in [-0.15, -0.1) is 0 Å². The highest BCUT2D eigenvalue weighted by molar-refractivity contribution is 5.95. The number of piperidine rings is 1. The van der Waals surface area contributed by atoms with E-state index in [0.717, 1.165) is 43.7 Å². The van der Waals surface area contributed by atoms with Crippen LogP contribution in [-0.2, 0) is 0 Å². The number of hydrogen-bond donors (Lipinski definition) is 0. The molecule has 4 heterocycles. The molecule has 1 amide bonds. The highest BCUT2D eigenvalue weighted by Gasteiger charge is 2.25. The van der Waals surface area contributed by atoms with Crippen LogP contribution < -0.4 is 9.80 Å². The fourth-order valence-electron chi connectivity index (χ4n) is 3.91. The quantitative estimate of drug-likeness (QED) is 0.829. The highest BCUT2D eigenvalue weighted by Crippen LogP contribution is 2.21. The molecule has 7 heteroatoms. The van der Waals surface area contributed by atoms with Gasteiger partial charge in [-0.3, -0.25) is 4.79 Å². The van der Waals surface area contributed by atoms with Crippen LogP contribution in [0, 0.1) is 13.8 Å². The molecule has 2 fully saturated rings. The van der Waals surface area contributed by atoms with Crippen molar-refractivity contribution < 1.29 is 9.21 Å². The van der Waals surface area contributed by atoms with E-state index in [4.69, 9.17) is 9.40 Å². The van der Waals surface area contributed by atoms with Crippen LogP contribution in [0.3, 0.4) is 0 Å². The summed E-state index contributed by atoms with van der Waals surface area (Å²) in [6.45, 7) is 8.72. The van der Waals surface area contributed by atoms with Crippen LogP contribution in [0.15, 0.2) is 22.7 Å². The lowest BCUT2D eigenvalue weighted by Crippen LogP contribution is -2.49. The molecule has 0 radical (unpaired) electrons. The van der Waals surface area contributed by atoms with Crippen molar-refractivity contribution in [3.05, 3.63) is 35.4 Å². The van der Waals surface area contributed by atoms with Crippen molar-refractivity contribution in [2.75, 3.05) is 49.1 Å². The molecule has 144 valence electrons. The molecule has 0 aliphatic carbocycles. The van der Waals surface area contributed by atoms with E-state index in [1.807, 2.05) is 37.1 Å². The molecule has 2 aromatic rings. The van der Waals surface area contributed by atoms with E-state index >= 15 is 0 Å². The summed E-state index contributed by atoms with van der Waals surface area (Å²) in [5.41, 5.74) is 0.676. The number of nitrogens with zero attached hydrogens (tertiary/aromatic N) is 5. The second-order valence-electron chi connectivity index (χ2n) is 7.37. The van der Waals surface area contributed by atoms with Gasteiger partial charge in [0.25, 0.3) is 5.91 Å². The van der Waals surface area contributed by atoms with Gasteiger partial charge in [0.2, 0.25) is 5.95 Å². The molecule has 2 aliphatic rings. The highest BCUT2D eigenvalue weighted by atomic mass is 16.3. The van der Waals surface area contributed by atoms with Crippen LogP contribution in [0.5, 0.6) is 0 Å². The summed E-state index contributed by atoms with van der Waals surface area (Å²) < 4.78 is 5.51. The molecule has 0 saturated carbocycles. The zero-order valence-corrected chi connectivity index (χ0v) is 16.1. The third-order valence-corrected chi connectivity index (χ3v) is 5.43. The first-order chi connectivity index (χ1) is 13.1. The predicted molar refractivity (Wildman–Crippen MR) is 104 cm³/mol. The Balaban J connectivity index is 1.40. The Bertz CT molecular complexity index is 804. The molecule has 0 bridgehead atoms. The molecule has 0 unspecified atom stereocenters. The van der Waals surface area contributed by atoms with Crippen molar-refractivity contribution in [2.24, 2.45) is 0 Å². The first-order valence-electron chi connectivity index (χ1n) is 9.81. The van der Waals surface area contributed by atoms with Gasteiger partial charge >= 0.3 is 0 Å². The minimum Gasteiger partial charge on any atom is -0.466 e. The monoisotopic (exact) mass is 369 g/mol. The average molecular weight is 369 g/mol. The number of carbonyl (C=O) groups excluding carboxylic acids is 1. The number of aromatic nitrogens is 2. The van der Waals surface area contributed by atoms with Crippen LogP contribution in [0.4, 0.5) is 11.8 Å². The summed E-state index contributed by atoms with van der Waals surface area (Å²) >= 11 is 0. The predicted octanol–water partition coefficient (Wildman–Crippen LogP) is 2.64. The molecule has 4 rings (SSSR count). The Labute approximate surface area is 160 Å². The van der Waals surface area contributed by atoms with E-state index in [-0.39, 0.29) is 5.91 Å². The van der Waals surface area contributed by atoms with E-state index in [0.29, 0.717) is 24.4 Å². The number of anilines is 2. The van der Waals surface area contributed by atoms with Crippen molar-refractivity contribution in [1.29, 1.82) is 0 Å². The van der Waals surface area contributed by atoms with Crippen LogP contribution in [0.2, 0.25) is 0 Å². The Morgan fingerprint density at radius 3 is 2.41 bits per heavy atom. The second-order valence-corrected chi connectivity index (χ2v) is 7.37. The normalized spacial score (nSPS) is 18.1. The molecular weight excluding hydrogens is 342 g/mol. The molecule has 0 atom stereocenters. The largest absolute Gasteiger partial charge is 0.466 e. The molecule has 2 aliphatic heterocycles. The number of aryl methyl sites for hydroxylation is 2. The first kappa shape index (κ1) is 17.8. The summed E-state index contributed by atoms with van der Waals surface area (Å²) in [6.07, 6.45) is 5.56. The van der Waals surface area contributed by atoms with E-state index in [2.05, 4.69) is 14.8 Å². The maximum Gasteiger partial charge on any atom is 0.257 e. The summed E-state index contributed by atoms with van der Waals surface area (Å²) in [6, 6.07) is 3.80. The van der Waals surface area contributed by atoms with Gasteiger partial charge in [0, 0.05) is 45.5 Å². The van der Waals surface area contributed by atoms with Gasteiger partial charge in [-0.25, -0.2) is 4.98 Å². The zero-order valence-electron chi connectivity index (χ0n) is 16.1. The Morgan fingerprint density at radius 1 is 1.00 bits per heavy atom. The first-order valence-corrected chi connectivity index (χ1v) is 9.81. The number of rotatable bonds is 3. The molecule has 0 aromatic carbocycles. The number of carbonyl (C=O) groups is 1. The van der Waals surface area contributed by atoms with E-state index < -0.39 is 0 Å². The summed E-state index contributed by atoms with van der Waals surface area (Å²) in [7, 11) is 0. The van der Waals surface area contributed by atoms with Gasteiger partial charge in [-0.1, -0.05) is 0 Å². The van der Waals surface area contributed by atoms with E-state index in [1.165, 1.54) is 19.3 Å². The van der Waals surface area contributed by atoms with Gasteiger partial charge in [0.1, 0.15) is 17.3 Å². The third-order valence-electron chi connectivity index (χ3n) is 5.43. The smallest absolute Gasteiger partial charge is 0.257 e. The molecular formula is C20H27N5O2. The van der Waals surface area contributed by atoms with Crippen LogP contribution in [0.25, 0.3) is 0 Å². The van der Waals surface area contributed by atoms with E-state index in [9.17, 15) is 4.79 Å². The summed E-state index contributed by atoms with van der Waals surface area (Å²) in [5.74, 6) is 3.31. The zero-order chi connectivity index (χ0) is 18.8.